The minimum absolute atomic E-state index is 0.0117. The number of halogens is 3. The summed E-state index contributed by atoms with van der Waals surface area (Å²) in [5.74, 6) is -0.237. The van der Waals surface area contributed by atoms with Gasteiger partial charge in [0.05, 0.1) is 40.2 Å². The molecule has 0 saturated carbocycles. The van der Waals surface area contributed by atoms with Gasteiger partial charge in [-0.3, -0.25) is 4.99 Å². The fourth-order valence-electron chi connectivity index (χ4n) is 3.68. The molecule has 2 unspecified atom stereocenters. The third-order valence-corrected chi connectivity index (χ3v) is 9.83. The smallest absolute Gasteiger partial charge is 0.384 e. The average Bonchev–Trinajstić information content (AvgIpc) is 3.23. The summed E-state index contributed by atoms with van der Waals surface area (Å²) in [7, 11) is -6.40. The molecule has 1 aromatic rings. The first-order chi connectivity index (χ1) is 14.8. The number of benzene rings is 1. The maximum Gasteiger partial charge on any atom is 0.416 e. The van der Waals surface area contributed by atoms with E-state index in [4.69, 9.17) is 9.47 Å². The summed E-state index contributed by atoms with van der Waals surface area (Å²) < 4.78 is 99.6. The summed E-state index contributed by atoms with van der Waals surface area (Å²) in [4.78, 5) is 3.64. The van der Waals surface area contributed by atoms with Gasteiger partial charge in [-0.15, -0.1) is 0 Å². The van der Waals surface area contributed by atoms with Crippen molar-refractivity contribution in [2.45, 2.75) is 41.7 Å². The van der Waals surface area contributed by atoms with Crippen LogP contribution in [0.4, 0.5) is 13.2 Å². The molecule has 1 aromatic carbocycles. The summed E-state index contributed by atoms with van der Waals surface area (Å²) in [5, 5.41) is -0.110. The molecule has 0 bridgehead atoms. The van der Waals surface area contributed by atoms with Crippen LogP contribution in [0.15, 0.2) is 45.8 Å². The van der Waals surface area contributed by atoms with Crippen molar-refractivity contribution in [3.8, 4) is 0 Å². The highest BCUT2D eigenvalue weighted by Crippen LogP contribution is 2.40. The molecule has 7 nitrogen and oxygen atoms in total. The number of ether oxygens (including phenoxy) is 2. The van der Waals surface area contributed by atoms with E-state index < -0.39 is 47.2 Å². The standard InChI is InChI=1S/C20H24F3NO6S2/c1-19(32(27,28)16-5-3-4-15(11-16)20(21,22)23)6-7-30-17(12-19)14-10-18(24-13-14)31(25,26)9-8-29-2/h3-5,10-11,17H,6-9,12-13H2,1-2H3. The molecule has 2 aliphatic rings. The largest absolute Gasteiger partial charge is 0.416 e. The highest BCUT2D eigenvalue weighted by atomic mass is 32.2. The molecule has 12 heteroatoms. The summed E-state index contributed by atoms with van der Waals surface area (Å²) in [6, 6.07) is 3.68. The number of hydrogen-bond donors (Lipinski definition) is 0. The van der Waals surface area contributed by atoms with E-state index in [0.29, 0.717) is 11.6 Å². The van der Waals surface area contributed by atoms with Crippen molar-refractivity contribution in [2.24, 2.45) is 4.99 Å². The number of hydrogen-bond acceptors (Lipinski definition) is 7. The highest BCUT2D eigenvalue weighted by molar-refractivity contribution is 8.06. The second kappa shape index (κ2) is 8.88. The van der Waals surface area contributed by atoms with Crippen molar-refractivity contribution in [2.75, 3.05) is 32.6 Å². The quantitative estimate of drug-likeness (QED) is 0.602. The normalized spacial score (nSPS) is 24.8. The van der Waals surface area contributed by atoms with Crippen LogP contribution in [-0.2, 0) is 35.3 Å². The van der Waals surface area contributed by atoms with Gasteiger partial charge in [0.1, 0.15) is 0 Å². The van der Waals surface area contributed by atoms with E-state index in [2.05, 4.69) is 4.99 Å². The first-order valence-corrected chi connectivity index (χ1v) is 12.9. The molecule has 3 rings (SSSR count). The molecule has 178 valence electrons. The number of alkyl halides is 3. The molecule has 0 spiro atoms. The van der Waals surface area contributed by atoms with Gasteiger partial charge >= 0.3 is 6.18 Å². The van der Waals surface area contributed by atoms with Crippen LogP contribution in [0.25, 0.3) is 0 Å². The fraction of sp³-hybridized carbons (Fsp3) is 0.550. The van der Waals surface area contributed by atoms with E-state index in [-0.39, 0.29) is 43.4 Å². The van der Waals surface area contributed by atoms with Gasteiger partial charge in [0, 0.05) is 13.7 Å². The maximum absolute atomic E-state index is 13.3. The zero-order chi connectivity index (χ0) is 23.8. The third-order valence-electron chi connectivity index (χ3n) is 5.70. The zero-order valence-electron chi connectivity index (χ0n) is 17.6. The molecule has 2 heterocycles. The molecule has 0 aromatic heterocycles. The van der Waals surface area contributed by atoms with E-state index in [1.54, 1.807) is 0 Å². The molecule has 0 amide bonds. The van der Waals surface area contributed by atoms with Crippen LogP contribution in [0.1, 0.15) is 25.3 Å². The second-order valence-corrected chi connectivity index (χ2v) is 12.5. The molecule has 0 aliphatic carbocycles. The van der Waals surface area contributed by atoms with E-state index in [1.165, 1.54) is 20.1 Å². The molecular weight excluding hydrogens is 471 g/mol. The van der Waals surface area contributed by atoms with Crippen molar-refractivity contribution in [3.63, 3.8) is 0 Å². The monoisotopic (exact) mass is 495 g/mol. The molecular formula is C20H24F3NO6S2. The Labute approximate surface area is 185 Å². The molecule has 1 fully saturated rings. The zero-order valence-corrected chi connectivity index (χ0v) is 19.2. The maximum atomic E-state index is 13.3. The molecule has 1 saturated heterocycles. The second-order valence-electron chi connectivity index (χ2n) is 7.98. The average molecular weight is 496 g/mol. The van der Waals surface area contributed by atoms with Crippen molar-refractivity contribution >= 4 is 24.7 Å². The SMILES string of the molecule is COCCS(=O)(=O)C1=NCC(C2CC(C)(S(=O)(=O)c3cccc(C(F)(F)F)c3)CCO2)=C1. The van der Waals surface area contributed by atoms with Crippen LogP contribution in [0.3, 0.4) is 0 Å². The van der Waals surface area contributed by atoms with Gasteiger partial charge in [0.15, 0.2) is 24.7 Å². The number of rotatable bonds is 6. The summed E-state index contributed by atoms with van der Waals surface area (Å²) in [6.07, 6.45) is -3.93. The lowest BCUT2D eigenvalue weighted by molar-refractivity contribution is -0.137. The topological polar surface area (TPSA) is 99.1 Å². The minimum atomic E-state index is -4.67. The van der Waals surface area contributed by atoms with E-state index >= 15 is 0 Å². The fourth-order valence-corrected chi connectivity index (χ4v) is 6.70. The van der Waals surface area contributed by atoms with Crippen molar-refractivity contribution < 1.29 is 39.5 Å². The lowest BCUT2D eigenvalue weighted by Crippen LogP contribution is -2.45. The van der Waals surface area contributed by atoms with Gasteiger partial charge < -0.3 is 9.47 Å². The Morgan fingerprint density at radius 2 is 1.97 bits per heavy atom. The van der Waals surface area contributed by atoms with Crippen LogP contribution >= 0.6 is 0 Å². The Hall–Kier alpha value is -1.76. The molecule has 32 heavy (non-hydrogen) atoms. The Morgan fingerprint density at radius 3 is 2.62 bits per heavy atom. The van der Waals surface area contributed by atoms with Gasteiger partial charge in [-0.2, -0.15) is 13.2 Å². The van der Waals surface area contributed by atoms with Crippen molar-refractivity contribution in [3.05, 3.63) is 41.5 Å². The summed E-state index contributed by atoms with van der Waals surface area (Å²) in [6.45, 7) is 1.59. The van der Waals surface area contributed by atoms with Crippen LogP contribution in [0, 0.1) is 0 Å². The lowest BCUT2D eigenvalue weighted by atomic mass is 9.92. The van der Waals surface area contributed by atoms with Crippen molar-refractivity contribution in [1.29, 1.82) is 0 Å². The van der Waals surface area contributed by atoms with Gasteiger partial charge in [-0.05, 0) is 49.6 Å². The molecule has 2 atom stereocenters. The number of methoxy groups -OCH3 is 1. The third kappa shape index (κ3) is 4.92. The summed E-state index contributed by atoms with van der Waals surface area (Å²) in [5.41, 5.74) is -0.519. The Balaban J connectivity index is 1.85. The van der Waals surface area contributed by atoms with Crippen LogP contribution in [-0.4, -0.2) is 65.4 Å². The number of aliphatic imine (C=N–C) groups is 1. The highest BCUT2D eigenvalue weighted by Gasteiger charge is 2.46. The lowest BCUT2D eigenvalue weighted by Gasteiger charge is -2.38. The van der Waals surface area contributed by atoms with Crippen molar-refractivity contribution in [1.82, 2.24) is 0 Å². The van der Waals surface area contributed by atoms with E-state index in [1.807, 2.05) is 0 Å². The van der Waals surface area contributed by atoms with Crippen LogP contribution < -0.4 is 0 Å². The molecule has 0 radical (unpaired) electrons. The van der Waals surface area contributed by atoms with Gasteiger partial charge in [-0.1, -0.05) is 6.07 Å². The predicted molar refractivity (Wildman–Crippen MR) is 112 cm³/mol. The van der Waals surface area contributed by atoms with Gasteiger partial charge in [-0.25, -0.2) is 16.8 Å². The molecule has 0 N–H and O–H groups in total. The van der Waals surface area contributed by atoms with Crippen LogP contribution in [0.2, 0.25) is 0 Å². The predicted octanol–water partition coefficient (Wildman–Crippen LogP) is 2.82. The van der Waals surface area contributed by atoms with Crippen LogP contribution in [0.5, 0.6) is 0 Å². The molecule has 2 aliphatic heterocycles. The van der Waals surface area contributed by atoms with E-state index in [9.17, 15) is 30.0 Å². The Morgan fingerprint density at radius 1 is 1.25 bits per heavy atom. The van der Waals surface area contributed by atoms with Gasteiger partial charge in [0.25, 0.3) is 0 Å². The Kier molecular flexibility index (Phi) is 6.90. The van der Waals surface area contributed by atoms with Gasteiger partial charge in [0.2, 0.25) is 0 Å². The first kappa shape index (κ1) is 24.9. The minimum Gasteiger partial charge on any atom is -0.384 e. The number of sulfone groups is 2. The summed E-state index contributed by atoms with van der Waals surface area (Å²) >= 11 is 0. The first-order valence-electron chi connectivity index (χ1n) is 9.80. The number of nitrogens with zero attached hydrogens (tertiary/aromatic N) is 1. The Bertz CT molecular complexity index is 1140. The van der Waals surface area contributed by atoms with E-state index in [0.717, 1.165) is 18.2 Å².